The van der Waals surface area contributed by atoms with Crippen LogP contribution in [0.25, 0.3) is 0 Å². The van der Waals surface area contributed by atoms with Crippen molar-refractivity contribution in [2.45, 2.75) is 25.7 Å². The number of rotatable bonds is 5. The molecule has 1 aromatic rings. The number of ether oxygens (including phenoxy) is 1. The Hall–Kier alpha value is -2.15. The van der Waals surface area contributed by atoms with E-state index in [-0.39, 0.29) is 28.5 Å². The Balaban J connectivity index is 1.41. The predicted molar refractivity (Wildman–Crippen MR) is 93.0 cm³/mol. The van der Waals surface area contributed by atoms with Crippen molar-refractivity contribution in [2.24, 2.45) is 11.8 Å². The highest BCUT2D eigenvalue weighted by Crippen LogP contribution is 2.32. The lowest BCUT2D eigenvalue weighted by atomic mass is 9.97. The zero-order chi connectivity index (χ0) is 18.7. The first-order valence-electron chi connectivity index (χ1n) is 8.64. The van der Waals surface area contributed by atoms with E-state index in [1.807, 2.05) is 0 Å². The highest BCUT2D eigenvalue weighted by atomic mass is 35.5. The molecule has 0 bridgehead atoms. The zero-order valence-corrected chi connectivity index (χ0v) is 14.9. The van der Waals surface area contributed by atoms with Gasteiger partial charge in [0.2, 0.25) is 5.91 Å². The standard InChI is InChI=1S/C18H20ClFN2O4/c19-13-3-4-14(20)15(9-13)21-16(23)10-26-18(25)12-5-7-22(8-6-12)17(24)11-1-2-11/h3-4,9,11-12H,1-2,5-8,10H2,(H,21,23). The summed E-state index contributed by atoms with van der Waals surface area (Å²) in [5.41, 5.74) is -0.0644. The van der Waals surface area contributed by atoms with Crippen molar-refractivity contribution in [3.63, 3.8) is 0 Å². The number of nitrogens with zero attached hydrogens (tertiary/aromatic N) is 1. The lowest BCUT2D eigenvalue weighted by molar-refractivity contribution is -0.154. The Kier molecular flexibility index (Phi) is 5.76. The second-order valence-electron chi connectivity index (χ2n) is 6.65. The number of benzene rings is 1. The maximum absolute atomic E-state index is 13.6. The summed E-state index contributed by atoms with van der Waals surface area (Å²) in [6, 6.07) is 3.79. The van der Waals surface area contributed by atoms with Crippen molar-refractivity contribution in [3.8, 4) is 0 Å². The van der Waals surface area contributed by atoms with Crippen LogP contribution in [0.2, 0.25) is 5.02 Å². The molecule has 8 heteroatoms. The Morgan fingerprint density at radius 2 is 1.85 bits per heavy atom. The predicted octanol–water partition coefficient (Wildman–Crippen LogP) is 2.61. The summed E-state index contributed by atoms with van der Waals surface area (Å²) in [5.74, 6) is -1.70. The number of likely N-dealkylation sites (tertiary alicyclic amines) is 1. The van der Waals surface area contributed by atoms with Crippen LogP contribution in [0.5, 0.6) is 0 Å². The molecule has 2 amide bonds. The Bertz CT molecular complexity index is 715. The van der Waals surface area contributed by atoms with Gasteiger partial charge in [-0.1, -0.05) is 11.6 Å². The summed E-state index contributed by atoms with van der Waals surface area (Å²) < 4.78 is 18.6. The van der Waals surface area contributed by atoms with Crippen molar-refractivity contribution in [3.05, 3.63) is 29.0 Å². The summed E-state index contributed by atoms with van der Waals surface area (Å²) in [5, 5.41) is 2.61. The third kappa shape index (κ3) is 4.72. The topological polar surface area (TPSA) is 75.7 Å². The van der Waals surface area contributed by atoms with Crippen LogP contribution in [0.15, 0.2) is 18.2 Å². The van der Waals surface area contributed by atoms with Gasteiger partial charge in [-0.2, -0.15) is 0 Å². The van der Waals surface area contributed by atoms with E-state index in [0.717, 1.165) is 18.9 Å². The van der Waals surface area contributed by atoms with E-state index in [1.54, 1.807) is 4.90 Å². The molecular formula is C18H20ClFN2O4. The van der Waals surface area contributed by atoms with Gasteiger partial charge in [-0.3, -0.25) is 14.4 Å². The molecule has 1 aliphatic heterocycles. The maximum atomic E-state index is 13.6. The fourth-order valence-electron chi connectivity index (χ4n) is 2.96. The lowest BCUT2D eigenvalue weighted by Crippen LogP contribution is -2.41. The van der Waals surface area contributed by atoms with E-state index in [0.29, 0.717) is 25.9 Å². The lowest BCUT2D eigenvalue weighted by Gasteiger charge is -2.31. The summed E-state index contributed by atoms with van der Waals surface area (Å²) in [6.07, 6.45) is 2.98. The fourth-order valence-corrected chi connectivity index (χ4v) is 3.13. The normalized spacial score (nSPS) is 17.7. The van der Waals surface area contributed by atoms with Crippen LogP contribution in [-0.2, 0) is 19.1 Å². The van der Waals surface area contributed by atoms with Crippen LogP contribution in [0.3, 0.4) is 0 Å². The zero-order valence-electron chi connectivity index (χ0n) is 14.2. The van der Waals surface area contributed by atoms with Crippen LogP contribution < -0.4 is 5.32 Å². The molecular weight excluding hydrogens is 363 g/mol. The Morgan fingerprint density at radius 1 is 1.15 bits per heavy atom. The number of nitrogens with one attached hydrogen (secondary N) is 1. The van der Waals surface area contributed by atoms with E-state index in [9.17, 15) is 18.8 Å². The molecule has 0 atom stereocenters. The third-order valence-corrected chi connectivity index (χ3v) is 4.85. The molecule has 1 heterocycles. The molecule has 6 nitrogen and oxygen atoms in total. The summed E-state index contributed by atoms with van der Waals surface area (Å²) in [4.78, 5) is 37.7. The molecule has 3 rings (SSSR count). The highest BCUT2D eigenvalue weighted by Gasteiger charge is 2.36. The molecule has 2 aliphatic rings. The molecule has 2 fully saturated rings. The first-order chi connectivity index (χ1) is 12.4. The number of amides is 2. The van der Waals surface area contributed by atoms with Crippen molar-refractivity contribution in [1.82, 2.24) is 4.90 Å². The van der Waals surface area contributed by atoms with Crippen LogP contribution >= 0.6 is 11.6 Å². The molecule has 1 saturated carbocycles. The van der Waals surface area contributed by atoms with E-state index in [4.69, 9.17) is 16.3 Å². The van der Waals surface area contributed by atoms with Gasteiger partial charge in [0.1, 0.15) is 5.82 Å². The SMILES string of the molecule is O=C(COC(=O)C1CCN(C(=O)C2CC2)CC1)Nc1cc(Cl)ccc1F. The van der Waals surface area contributed by atoms with Gasteiger partial charge in [0.25, 0.3) is 5.91 Å². The Labute approximate surface area is 155 Å². The number of carbonyl (C=O) groups excluding carboxylic acids is 3. The largest absolute Gasteiger partial charge is 0.455 e. The maximum Gasteiger partial charge on any atom is 0.309 e. The van der Waals surface area contributed by atoms with Gasteiger partial charge in [-0.05, 0) is 43.9 Å². The highest BCUT2D eigenvalue weighted by molar-refractivity contribution is 6.30. The third-order valence-electron chi connectivity index (χ3n) is 4.61. The van der Waals surface area contributed by atoms with Gasteiger partial charge in [-0.25, -0.2) is 4.39 Å². The van der Waals surface area contributed by atoms with Crippen molar-refractivity contribution < 1.29 is 23.5 Å². The summed E-state index contributed by atoms with van der Waals surface area (Å²) >= 11 is 5.76. The van der Waals surface area contributed by atoms with Gasteiger partial charge >= 0.3 is 5.97 Å². The van der Waals surface area contributed by atoms with Gasteiger partial charge in [0.05, 0.1) is 11.6 Å². The van der Waals surface area contributed by atoms with Crippen molar-refractivity contribution in [2.75, 3.05) is 25.0 Å². The summed E-state index contributed by atoms with van der Waals surface area (Å²) in [6.45, 7) is 0.579. The number of carbonyl (C=O) groups is 3. The van der Waals surface area contributed by atoms with E-state index in [1.165, 1.54) is 12.1 Å². The molecule has 0 spiro atoms. The molecule has 0 radical (unpaired) electrons. The first kappa shape index (κ1) is 18.6. The van der Waals surface area contributed by atoms with E-state index in [2.05, 4.69) is 5.32 Å². The molecule has 1 N–H and O–H groups in total. The quantitative estimate of drug-likeness (QED) is 0.794. The molecule has 1 aliphatic carbocycles. The smallest absolute Gasteiger partial charge is 0.309 e. The molecule has 140 valence electrons. The second-order valence-corrected chi connectivity index (χ2v) is 7.09. The molecule has 0 aromatic heterocycles. The number of halogens is 2. The number of esters is 1. The van der Waals surface area contributed by atoms with Crippen molar-refractivity contribution in [1.29, 1.82) is 0 Å². The van der Waals surface area contributed by atoms with E-state index < -0.39 is 24.3 Å². The van der Waals surface area contributed by atoms with Gasteiger partial charge in [0.15, 0.2) is 6.61 Å². The molecule has 26 heavy (non-hydrogen) atoms. The van der Waals surface area contributed by atoms with Gasteiger partial charge in [0, 0.05) is 24.0 Å². The minimum Gasteiger partial charge on any atom is -0.455 e. The van der Waals surface area contributed by atoms with Gasteiger partial charge in [-0.15, -0.1) is 0 Å². The van der Waals surface area contributed by atoms with Crippen LogP contribution in [0, 0.1) is 17.7 Å². The monoisotopic (exact) mass is 382 g/mol. The average Bonchev–Trinajstić information content (AvgIpc) is 3.47. The minimum absolute atomic E-state index is 0.0644. The average molecular weight is 383 g/mol. The van der Waals surface area contributed by atoms with Crippen LogP contribution in [-0.4, -0.2) is 42.4 Å². The minimum atomic E-state index is -0.638. The second kappa shape index (κ2) is 8.03. The number of anilines is 1. The Morgan fingerprint density at radius 3 is 2.50 bits per heavy atom. The molecule has 1 saturated heterocycles. The number of hydrogen-bond acceptors (Lipinski definition) is 4. The van der Waals surface area contributed by atoms with Crippen LogP contribution in [0.4, 0.5) is 10.1 Å². The number of hydrogen-bond donors (Lipinski definition) is 1. The fraction of sp³-hybridized carbons (Fsp3) is 0.500. The summed E-state index contributed by atoms with van der Waals surface area (Å²) in [7, 11) is 0. The number of piperidine rings is 1. The molecule has 1 aromatic carbocycles. The van der Waals surface area contributed by atoms with E-state index >= 15 is 0 Å². The van der Waals surface area contributed by atoms with Gasteiger partial charge < -0.3 is 15.0 Å². The molecule has 0 unspecified atom stereocenters. The van der Waals surface area contributed by atoms with Crippen LogP contribution in [0.1, 0.15) is 25.7 Å². The first-order valence-corrected chi connectivity index (χ1v) is 9.02. The van der Waals surface area contributed by atoms with Crippen molar-refractivity contribution >= 4 is 35.1 Å².